The third-order valence-corrected chi connectivity index (χ3v) is 7.92. The summed E-state index contributed by atoms with van der Waals surface area (Å²) in [5.41, 5.74) is -4.17. The number of carbonyl (C=O) groups excluding carboxylic acids is 1. The molecule has 4 aliphatic rings. The van der Waals surface area contributed by atoms with E-state index >= 15 is 8.78 Å². The molecule has 3 fully saturated rings. The van der Waals surface area contributed by atoms with Crippen LogP contribution in [0.15, 0.2) is 23.8 Å². The first-order valence-corrected chi connectivity index (χ1v) is 9.25. The molecule has 0 radical (unpaired) electrons. The Kier molecular flexibility index (Phi) is 3.60. The van der Waals surface area contributed by atoms with Gasteiger partial charge < -0.3 is 10.2 Å². The minimum atomic E-state index is -2.11. The van der Waals surface area contributed by atoms with Gasteiger partial charge >= 0.3 is 5.97 Å². The van der Waals surface area contributed by atoms with E-state index in [2.05, 4.69) is 0 Å². The second-order valence-electron chi connectivity index (χ2n) is 8.92. The third-order valence-electron chi connectivity index (χ3n) is 7.92. The van der Waals surface area contributed by atoms with Gasteiger partial charge in [-0.25, -0.2) is 8.78 Å². The van der Waals surface area contributed by atoms with Crippen LogP contribution in [0.4, 0.5) is 8.78 Å². The molecule has 4 aliphatic carbocycles. The summed E-state index contributed by atoms with van der Waals surface area (Å²) in [5, 5.41) is 20.5. The predicted molar refractivity (Wildman–Crippen MR) is 89.8 cm³/mol. The Labute approximate surface area is 151 Å². The first kappa shape index (κ1) is 17.8. The van der Waals surface area contributed by atoms with Gasteiger partial charge in [0.25, 0.3) is 0 Å². The highest BCUT2D eigenvalue weighted by Crippen LogP contribution is 2.69. The number of rotatable bonds is 1. The average Bonchev–Trinajstić information content (AvgIpc) is 2.89. The Bertz CT molecular complexity index is 746. The smallest absolute Gasteiger partial charge is 0.307 e. The molecular formula is C20H24F2O4. The van der Waals surface area contributed by atoms with E-state index in [-0.39, 0.29) is 30.1 Å². The monoisotopic (exact) mass is 366 g/mol. The molecule has 0 aromatic rings. The quantitative estimate of drug-likeness (QED) is 0.748. The van der Waals surface area contributed by atoms with E-state index in [1.807, 2.05) is 0 Å². The molecule has 0 aliphatic heterocycles. The van der Waals surface area contributed by atoms with Gasteiger partial charge in [-0.15, -0.1) is 0 Å². The van der Waals surface area contributed by atoms with Gasteiger partial charge in [0, 0.05) is 11.3 Å². The number of hydrogen-bond acceptors (Lipinski definition) is 3. The molecule has 6 unspecified atom stereocenters. The van der Waals surface area contributed by atoms with Crippen molar-refractivity contribution in [2.24, 2.45) is 28.6 Å². The summed E-state index contributed by atoms with van der Waals surface area (Å²) in [4.78, 5) is 23.4. The molecule has 4 rings (SSSR count). The molecule has 4 nitrogen and oxygen atoms in total. The van der Waals surface area contributed by atoms with E-state index in [0.29, 0.717) is 12.8 Å². The van der Waals surface area contributed by atoms with Gasteiger partial charge in [-0.05, 0) is 61.7 Å². The highest BCUT2D eigenvalue weighted by Gasteiger charge is 2.72. The van der Waals surface area contributed by atoms with Crippen LogP contribution >= 0.6 is 0 Å². The van der Waals surface area contributed by atoms with Crippen LogP contribution in [0, 0.1) is 28.6 Å². The topological polar surface area (TPSA) is 74.6 Å². The Morgan fingerprint density at radius 3 is 2.62 bits per heavy atom. The molecular weight excluding hydrogens is 342 g/mol. The lowest BCUT2D eigenvalue weighted by atomic mass is 9.45. The molecule has 3 saturated carbocycles. The van der Waals surface area contributed by atoms with E-state index in [1.165, 1.54) is 12.2 Å². The van der Waals surface area contributed by atoms with E-state index < -0.39 is 46.6 Å². The highest BCUT2D eigenvalue weighted by atomic mass is 19.1. The van der Waals surface area contributed by atoms with Crippen LogP contribution in [0.1, 0.15) is 39.5 Å². The molecule has 0 saturated heterocycles. The Morgan fingerprint density at radius 2 is 1.96 bits per heavy atom. The van der Waals surface area contributed by atoms with Crippen LogP contribution in [0.3, 0.4) is 0 Å². The molecule has 2 N–H and O–H groups in total. The molecule has 0 amide bonds. The van der Waals surface area contributed by atoms with E-state index in [9.17, 15) is 19.8 Å². The van der Waals surface area contributed by atoms with Gasteiger partial charge in [0.15, 0.2) is 11.5 Å². The maximum Gasteiger partial charge on any atom is 0.307 e. The third kappa shape index (κ3) is 1.91. The Hall–Kier alpha value is -1.56. The molecule has 0 heterocycles. The fraction of sp³-hybridized carbons (Fsp3) is 0.700. The van der Waals surface area contributed by atoms with E-state index in [1.54, 1.807) is 13.8 Å². The summed E-state index contributed by atoms with van der Waals surface area (Å²) in [6.07, 6.45) is 1.77. The summed E-state index contributed by atoms with van der Waals surface area (Å²) < 4.78 is 31.6. The summed E-state index contributed by atoms with van der Waals surface area (Å²) in [6.45, 7) is 3.35. The number of fused-ring (bicyclic) bond motifs is 5. The largest absolute Gasteiger partial charge is 0.481 e. The van der Waals surface area contributed by atoms with Crippen molar-refractivity contribution >= 4 is 11.8 Å². The van der Waals surface area contributed by atoms with Crippen LogP contribution < -0.4 is 0 Å². The number of aliphatic carboxylic acids is 1. The molecule has 0 aromatic heterocycles. The van der Waals surface area contributed by atoms with Gasteiger partial charge in [-0.1, -0.05) is 13.0 Å². The standard InChI is InChI=1S/C20H24F2O4/c1-18-9-16(24)20(22)13(11(18)3-4-12(18)17(25)26)8-15(21)14-7-10(23)5-6-19(14,20)2/h5-7,11-13,15-16,24H,3-4,8-9H2,1-2H3,(H,25,26)/t11?,12?,13?,15-,16?,18?,19?,20-/m0/s1. The van der Waals surface area contributed by atoms with Gasteiger partial charge in [0.2, 0.25) is 0 Å². The molecule has 6 heteroatoms. The van der Waals surface area contributed by atoms with Crippen molar-refractivity contribution in [1.29, 1.82) is 0 Å². The molecule has 0 aromatic carbocycles. The summed E-state index contributed by atoms with van der Waals surface area (Å²) >= 11 is 0. The Morgan fingerprint density at radius 1 is 1.27 bits per heavy atom. The van der Waals surface area contributed by atoms with Gasteiger partial charge in [-0.2, -0.15) is 0 Å². The zero-order valence-electron chi connectivity index (χ0n) is 14.9. The van der Waals surface area contributed by atoms with Gasteiger partial charge in [0.1, 0.15) is 6.17 Å². The number of ketones is 1. The van der Waals surface area contributed by atoms with Crippen molar-refractivity contribution < 1.29 is 28.6 Å². The number of allylic oxidation sites excluding steroid dienone is 4. The number of carbonyl (C=O) groups is 2. The minimum absolute atomic E-state index is 0.0310. The van der Waals surface area contributed by atoms with Crippen molar-refractivity contribution in [3.05, 3.63) is 23.8 Å². The number of halogens is 2. The molecule has 26 heavy (non-hydrogen) atoms. The average molecular weight is 366 g/mol. The molecule has 142 valence electrons. The van der Waals surface area contributed by atoms with E-state index in [0.717, 1.165) is 6.08 Å². The lowest BCUT2D eigenvalue weighted by Crippen LogP contribution is -2.68. The SMILES string of the molecule is CC12CC(O)[C@@]3(F)C(C[C@H](F)C4=CC(=O)C=CC43C)C1CCC2C(=O)O. The van der Waals surface area contributed by atoms with Gasteiger partial charge in [0.05, 0.1) is 12.0 Å². The summed E-state index contributed by atoms with van der Waals surface area (Å²) in [7, 11) is 0. The van der Waals surface area contributed by atoms with Crippen molar-refractivity contribution in [3.63, 3.8) is 0 Å². The Balaban J connectivity index is 1.84. The van der Waals surface area contributed by atoms with Gasteiger partial charge in [-0.3, -0.25) is 9.59 Å². The second-order valence-corrected chi connectivity index (χ2v) is 8.92. The van der Waals surface area contributed by atoms with Crippen molar-refractivity contribution in [2.45, 2.75) is 57.5 Å². The predicted octanol–water partition coefficient (Wildman–Crippen LogP) is 3.01. The van der Waals surface area contributed by atoms with Crippen molar-refractivity contribution in [2.75, 3.05) is 0 Å². The normalized spacial score (nSPS) is 52.7. The number of alkyl halides is 2. The first-order valence-electron chi connectivity index (χ1n) is 9.25. The number of carboxylic acid groups (broad SMARTS) is 1. The highest BCUT2D eigenvalue weighted by molar-refractivity contribution is 6.01. The molecule has 0 spiro atoms. The summed E-state index contributed by atoms with van der Waals surface area (Å²) in [5.74, 6) is -3.05. The van der Waals surface area contributed by atoms with Crippen LogP contribution in [-0.4, -0.2) is 39.9 Å². The fourth-order valence-electron chi connectivity index (χ4n) is 6.61. The lowest BCUT2D eigenvalue weighted by molar-refractivity contribution is -0.204. The zero-order chi connectivity index (χ0) is 19.1. The number of aliphatic hydroxyl groups is 1. The van der Waals surface area contributed by atoms with Crippen LogP contribution in [0.25, 0.3) is 0 Å². The first-order chi connectivity index (χ1) is 12.1. The minimum Gasteiger partial charge on any atom is -0.481 e. The fourth-order valence-corrected chi connectivity index (χ4v) is 6.61. The molecule has 0 bridgehead atoms. The van der Waals surface area contributed by atoms with Crippen LogP contribution in [-0.2, 0) is 9.59 Å². The maximum atomic E-state index is 16.6. The van der Waals surface area contributed by atoms with E-state index in [4.69, 9.17) is 0 Å². The zero-order valence-corrected chi connectivity index (χ0v) is 14.9. The van der Waals surface area contributed by atoms with Crippen LogP contribution in [0.5, 0.6) is 0 Å². The lowest BCUT2D eigenvalue weighted by Gasteiger charge is -2.62. The maximum absolute atomic E-state index is 16.6. The molecule has 8 atom stereocenters. The van der Waals surface area contributed by atoms with Crippen molar-refractivity contribution in [3.8, 4) is 0 Å². The summed E-state index contributed by atoms with van der Waals surface area (Å²) in [6, 6.07) is 0. The second kappa shape index (κ2) is 5.24. The van der Waals surface area contributed by atoms with Crippen LogP contribution in [0.2, 0.25) is 0 Å². The van der Waals surface area contributed by atoms with Crippen molar-refractivity contribution in [1.82, 2.24) is 0 Å². The number of aliphatic hydroxyl groups excluding tert-OH is 1. The number of hydrogen-bond donors (Lipinski definition) is 2. The number of carboxylic acids is 1.